The summed E-state index contributed by atoms with van der Waals surface area (Å²) in [5.41, 5.74) is -1.78. The lowest BCUT2D eigenvalue weighted by atomic mass is 10.1. The molecule has 0 radical (unpaired) electrons. The first-order valence-electron chi connectivity index (χ1n) is 11.8. The van der Waals surface area contributed by atoms with E-state index in [-0.39, 0.29) is 6.42 Å². The summed E-state index contributed by atoms with van der Waals surface area (Å²) in [5.74, 6) is 0. The lowest BCUT2D eigenvalue weighted by Crippen LogP contribution is -2.37. The van der Waals surface area contributed by atoms with Gasteiger partial charge in [-0.05, 0) is 6.42 Å². The van der Waals surface area contributed by atoms with Gasteiger partial charge in [0.1, 0.15) is 18.3 Å². The fraction of sp³-hybridized carbons (Fsp3) is 0.765. The van der Waals surface area contributed by atoms with Gasteiger partial charge in [-0.3, -0.25) is 23.4 Å². The minimum atomic E-state index is -5.97. The Morgan fingerprint density at radius 1 is 0.875 bits per heavy atom. The van der Waals surface area contributed by atoms with Crippen LogP contribution in [0.4, 0.5) is 0 Å². The van der Waals surface area contributed by atoms with Gasteiger partial charge in [-0.1, -0.05) is 39.0 Å². The number of aliphatic hydroxyl groups excluding tert-OH is 2. The lowest BCUT2D eigenvalue weighted by molar-refractivity contribution is -0.0542. The number of nitrogens with one attached hydrogen (secondary N) is 1. The third kappa shape index (κ3) is 11.4. The molecule has 2 heterocycles. The van der Waals surface area contributed by atoms with Crippen molar-refractivity contribution in [1.29, 1.82) is 0 Å². The second-order valence-corrected chi connectivity index (χ2v) is 15.4. The van der Waals surface area contributed by atoms with Gasteiger partial charge in [0.25, 0.3) is 5.56 Å². The van der Waals surface area contributed by atoms with E-state index < -0.39 is 79.6 Å². The van der Waals surface area contributed by atoms with Crippen molar-refractivity contribution in [2.75, 3.05) is 12.8 Å². The summed E-state index contributed by atoms with van der Waals surface area (Å²) < 4.78 is 70.3. The number of hydrogen-bond acceptors (Lipinski definition) is 13. The average molecular weight is 660 g/mol. The third-order valence-electron chi connectivity index (χ3n) is 5.30. The van der Waals surface area contributed by atoms with Crippen molar-refractivity contribution in [2.45, 2.75) is 70.0 Å². The van der Waals surface area contributed by atoms with E-state index in [0.717, 1.165) is 37.9 Å². The SMILES string of the molecule is CCCCCCCCP(=O)(O)OP(=O)(O)OP(=O)(O)OP(=O)(O)OC[C@H]1O[C@@H](n2ccc(=O)[nH]c2=O)[C@H](O)[C@@H]1O. The van der Waals surface area contributed by atoms with Crippen LogP contribution in [0.2, 0.25) is 0 Å². The molecular weight excluding hydrogens is 628 g/mol. The molecule has 1 aliphatic heterocycles. The van der Waals surface area contributed by atoms with E-state index in [1.54, 1.807) is 0 Å². The molecule has 0 spiro atoms. The highest BCUT2D eigenvalue weighted by Crippen LogP contribution is 2.71. The van der Waals surface area contributed by atoms with Crippen molar-refractivity contribution < 1.29 is 70.2 Å². The third-order valence-corrected chi connectivity index (χ3v) is 11.8. The smallest absolute Gasteiger partial charge is 0.387 e. The number of nitrogens with zero attached hydrogens (tertiary/aromatic N) is 1. The molecule has 19 nitrogen and oxygen atoms in total. The van der Waals surface area contributed by atoms with Crippen LogP contribution < -0.4 is 11.2 Å². The van der Waals surface area contributed by atoms with E-state index in [0.29, 0.717) is 11.0 Å². The van der Waals surface area contributed by atoms with Crippen molar-refractivity contribution in [2.24, 2.45) is 0 Å². The average Bonchev–Trinajstić information content (AvgIpc) is 3.06. The highest BCUT2D eigenvalue weighted by molar-refractivity contribution is 7.70. The maximum atomic E-state index is 12.1. The molecule has 0 aliphatic carbocycles. The molecule has 1 fully saturated rings. The monoisotopic (exact) mass is 660 g/mol. The molecule has 7 N–H and O–H groups in total. The van der Waals surface area contributed by atoms with Crippen LogP contribution in [0.25, 0.3) is 0 Å². The maximum absolute atomic E-state index is 12.1. The first-order valence-corrected chi connectivity index (χ1v) is 18.0. The Kier molecular flexibility index (Phi) is 12.9. The Bertz CT molecular complexity index is 1300. The summed E-state index contributed by atoms with van der Waals surface area (Å²) in [6.45, 7) is 0.898. The first-order chi connectivity index (χ1) is 18.4. The van der Waals surface area contributed by atoms with E-state index >= 15 is 0 Å². The normalized spacial score (nSPS) is 27.4. The van der Waals surface area contributed by atoms with Gasteiger partial charge in [0, 0.05) is 12.3 Å². The van der Waals surface area contributed by atoms with Crippen molar-refractivity contribution >= 4 is 31.1 Å². The quantitative estimate of drug-likeness (QED) is 0.0908. The van der Waals surface area contributed by atoms with Crippen molar-refractivity contribution in [3.8, 4) is 0 Å². The number of aromatic nitrogens is 2. The number of H-pyrrole nitrogens is 1. The summed E-state index contributed by atoms with van der Waals surface area (Å²) >= 11 is 0. The number of rotatable bonds is 17. The summed E-state index contributed by atoms with van der Waals surface area (Å²) in [5, 5.41) is 20.3. The van der Waals surface area contributed by atoms with E-state index in [9.17, 15) is 57.6 Å². The van der Waals surface area contributed by atoms with E-state index in [1.807, 2.05) is 11.9 Å². The number of ether oxygens (including phenoxy) is 1. The van der Waals surface area contributed by atoms with Crippen LogP contribution in [0.5, 0.6) is 0 Å². The highest BCUT2D eigenvalue weighted by atomic mass is 31.3. The van der Waals surface area contributed by atoms with Gasteiger partial charge in [0.15, 0.2) is 6.23 Å². The Hall–Kier alpha value is -0.840. The molecule has 1 aliphatic rings. The van der Waals surface area contributed by atoms with Crippen molar-refractivity contribution in [1.82, 2.24) is 9.55 Å². The highest BCUT2D eigenvalue weighted by Gasteiger charge is 2.48. The van der Waals surface area contributed by atoms with E-state index in [4.69, 9.17) is 4.74 Å². The van der Waals surface area contributed by atoms with Gasteiger partial charge >= 0.3 is 36.8 Å². The zero-order valence-corrected chi connectivity index (χ0v) is 24.6. The molecule has 0 saturated carbocycles. The fourth-order valence-corrected chi connectivity index (χ4v) is 9.13. The predicted molar refractivity (Wildman–Crippen MR) is 134 cm³/mol. The Balaban J connectivity index is 1.92. The minimum absolute atomic E-state index is 0.131. The van der Waals surface area contributed by atoms with E-state index in [1.165, 1.54) is 0 Å². The Labute approximate surface area is 227 Å². The molecule has 0 aromatic carbocycles. The number of unbranched alkanes of at least 4 members (excludes halogenated alkanes) is 5. The maximum Gasteiger partial charge on any atom is 0.490 e. The summed E-state index contributed by atoms with van der Waals surface area (Å²) in [6.07, 6.45) is -2.28. The summed E-state index contributed by atoms with van der Waals surface area (Å²) in [4.78, 5) is 63.7. The summed E-state index contributed by atoms with van der Waals surface area (Å²) in [6, 6.07) is 0.913. The van der Waals surface area contributed by atoms with Gasteiger partial charge in [-0.25, -0.2) is 22.8 Å². The second-order valence-electron chi connectivity index (χ2n) is 8.64. The van der Waals surface area contributed by atoms with Gasteiger partial charge in [-0.2, -0.15) is 8.62 Å². The molecule has 23 heteroatoms. The van der Waals surface area contributed by atoms with Crippen LogP contribution in [-0.2, 0) is 40.5 Å². The standard InChI is InChI=1S/C17H32N2O17P4/c1-2-3-4-5-6-7-10-37(24,25)34-39(28,29)36-40(30,31)35-38(26,27)32-11-12-14(21)15(22)16(33-12)19-9-8-13(20)18-17(19)23/h8-9,12,14-16,21-22H,2-7,10-11H2,1H3,(H,24,25)(H,26,27)(H,28,29)(H,30,31)(H,18,20,23)/t12-,14-,15-,16-/m1/s1. The molecule has 8 atom stereocenters. The molecule has 1 saturated heterocycles. The van der Waals surface area contributed by atoms with Gasteiger partial charge in [0.05, 0.1) is 12.8 Å². The van der Waals surface area contributed by atoms with Crippen LogP contribution in [0.1, 0.15) is 51.7 Å². The van der Waals surface area contributed by atoms with E-state index in [2.05, 4.69) is 17.5 Å². The second kappa shape index (κ2) is 14.6. The Morgan fingerprint density at radius 2 is 1.45 bits per heavy atom. The topological polar surface area (TPSA) is 291 Å². The van der Waals surface area contributed by atoms with Crippen LogP contribution in [0, 0.1) is 0 Å². The number of aliphatic hydroxyl groups is 2. The van der Waals surface area contributed by atoms with Crippen molar-refractivity contribution in [3.63, 3.8) is 0 Å². The van der Waals surface area contributed by atoms with Gasteiger partial charge < -0.3 is 34.5 Å². The molecule has 40 heavy (non-hydrogen) atoms. The predicted octanol–water partition coefficient (Wildman–Crippen LogP) is 1.07. The molecular formula is C17H32N2O17P4. The molecule has 2 rings (SSSR count). The molecule has 1 aromatic heterocycles. The molecule has 232 valence electrons. The van der Waals surface area contributed by atoms with Crippen LogP contribution in [0.15, 0.2) is 21.9 Å². The largest absolute Gasteiger partial charge is 0.490 e. The first kappa shape index (κ1) is 35.4. The van der Waals surface area contributed by atoms with Crippen LogP contribution in [0.3, 0.4) is 0 Å². The van der Waals surface area contributed by atoms with Crippen LogP contribution >= 0.6 is 31.1 Å². The fourth-order valence-electron chi connectivity index (χ4n) is 3.50. The number of aromatic amines is 1. The summed E-state index contributed by atoms with van der Waals surface area (Å²) in [7, 11) is -22.2. The molecule has 1 aromatic rings. The number of phosphoric ester groups is 1. The van der Waals surface area contributed by atoms with Crippen molar-refractivity contribution in [3.05, 3.63) is 33.1 Å². The van der Waals surface area contributed by atoms with Gasteiger partial charge in [0.2, 0.25) is 0 Å². The van der Waals surface area contributed by atoms with Gasteiger partial charge in [-0.15, -0.1) is 0 Å². The Morgan fingerprint density at radius 3 is 2.08 bits per heavy atom. The van der Waals surface area contributed by atoms with Crippen LogP contribution in [-0.4, -0.2) is 70.4 Å². The number of hydrogen-bond donors (Lipinski definition) is 7. The molecule has 4 unspecified atom stereocenters. The lowest BCUT2D eigenvalue weighted by Gasteiger charge is -2.21. The molecule has 0 amide bonds. The zero-order chi connectivity index (χ0) is 30.4. The molecule has 0 bridgehead atoms. The number of phosphoric acid groups is 3. The zero-order valence-electron chi connectivity index (χ0n) is 21.0. The minimum Gasteiger partial charge on any atom is -0.387 e.